The lowest BCUT2D eigenvalue weighted by atomic mass is 10.0. The highest BCUT2D eigenvalue weighted by atomic mass is 32.2. The Morgan fingerprint density at radius 3 is 2.59 bits per heavy atom. The summed E-state index contributed by atoms with van der Waals surface area (Å²) in [6.07, 6.45) is 0. The Morgan fingerprint density at radius 1 is 1.22 bits per heavy atom. The summed E-state index contributed by atoms with van der Waals surface area (Å²) < 4.78 is 33.1. The zero-order valence-electron chi connectivity index (χ0n) is 14.9. The summed E-state index contributed by atoms with van der Waals surface area (Å²) in [7, 11) is -2.06. The Bertz CT molecular complexity index is 915. The van der Waals surface area contributed by atoms with Gasteiger partial charge in [0, 0.05) is 37.3 Å². The summed E-state index contributed by atoms with van der Waals surface area (Å²) in [6.45, 7) is 1.39. The molecule has 27 heavy (non-hydrogen) atoms. The Labute approximate surface area is 158 Å². The first kappa shape index (κ1) is 19.3. The quantitative estimate of drug-likeness (QED) is 0.598. The van der Waals surface area contributed by atoms with Crippen molar-refractivity contribution in [3.8, 4) is 5.75 Å². The lowest BCUT2D eigenvalue weighted by Crippen LogP contribution is -2.49. The smallest absolute Gasteiger partial charge is 0.269 e. The van der Waals surface area contributed by atoms with Crippen LogP contribution in [0.5, 0.6) is 5.75 Å². The van der Waals surface area contributed by atoms with Gasteiger partial charge in [-0.1, -0.05) is 30.3 Å². The molecule has 144 valence electrons. The predicted molar refractivity (Wildman–Crippen MR) is 101 cm³/mol. The highest BCUT2D eigenvalue weighted by Crippen LogP contribution is 2.32. The van der Waals surface area contributed by atoms with Crippen molar-refractivity contribution in [2.75, 3.05) is 26.7 Å². The van der Waals surface area contributed by atoms with E-state index >= 15 is 0 Å². The standard InChI is InChI=1S/C18H21N3O5S/c1-26-18-5-3-2-4-16(18)17-12-19-10-11-20(17)27(24,25)13-14-6-8-15(9-7-14)21(22)23/h2-9,17,19H,10-13H2,1H3. The molecular weight excluding hydrogens is 370 g/mol. The normalized spacial score (nSPS) is 18.2. The second-order valence-corrected chi connectivity index (χ2v) is 8.17. The van der Waals surface area contributed by atoms with E-state index in [1.165, 1.54) is 28.6 Å². The lowest BCUT2D eigenvalue weighted by Gasteiger charge is -2.36. The summed E-state index contributed by atoms with van der Waals surface area (Å²) in [5, 5.41) is 14.0. The molecule has 0 saturated carbocycles. The van der Waals surface area contributed by atoms with Gasteiger partial charge in [0.1, 0.15) is 5.75 Å². The zero-order chi connectivity index (χ0) is 19.4. The van der Waals surface area contributed by atoms with Crippen LogP contribution < -0.4 is 10.1 Å². The number of rotatable bonds is 6. The van der Waals surface area contributed by atoms with Crippen molar-refractivity contribution < 1.29 is 18.1 Å². The van der Waals surface area contributed by atoms with Gasteiger partial charge in [-0.3, -0.25) is 10.1 Å². The number of methoxy groups -OCH3 is 1. The fourth-order valence-electron chi connectivity index (χ4n) is 3.23. The van der Waals surface area contributed by atoms with Crippen LogP contribution in [0.15, 0.2) is 48.5 Å². The van der Waals surface area contributed by atoms with Gasteiger partial charge >= 0.3 is 0 Å². The molecule has 8 nitrogen and oxygen atoms in total. The molecule has 1 saturated heterocycles. The maximum absolute atomic E-state index is 13.1. The van der Waals surface area contributed by atoms with E-state index in [0.717, 1.165) is 5.56 Å². The van der Waals surface area contributed by atoms with Gasteiger partial charge in [-0.05, 0) is 11.6 Å². The second-order valence-electron chi connectivity index (χ2n) is 6.25. The molecule has 1 atom stereocenters. The number of benzene rings is 2. The van der Waals surface area contributed by atoms with Gasteiger partial charge in [-0.25, -0.2) is 8.42 Å². The third-order valence-electron chi connectivity index (χ3n) is 4.55. The number of hydrogen-bond acceptors (Lipinski definition) is 6. The largest absolute Gasteiger partial charge is 0.496 e. The first-order valence-electron chi connectivity index (χ1n) is 8.49. The van der Waals surface area contributed by atoms with E-state index in [4.69, 9.17) is 4.74 Å². The lowest BCUT2D eigenvalue weighted by molar-refractivity contribution is -0.384. The van der Waals surface area contributed by atoms with Gasteiger partial charge in [0.2, 0.25) is 10.0 Å². The Hall–Kier alpha value is -2.49. The molecule has 3 rings (SSSR count). The van der Waals surface area contributed by atoms with Crippen LogP contribution in [-0.4, -0.2) is 44.4 Å². The number of nitrogens with one attached hydrogen (secondary N) is 1. The minimum atomic E-state index is -3.62. The molecule has 2 aromatic rings. The van der Waals surface area contributed by atoms with E-state index in [9.17, 15) is 18.5 Å². The fourth-order valence-corrected chi connectivity index (χ4v) is 4.96. The SMILES string of the molecule is COc1ccccc1C1CNCCN1S(=O)(=O)Cc1ccc([N+](=O)[O-])cc1. The molecular formula is C18H21N3O5S. The van der Waals surface area contributed by atoms with Gasteiger partial charge < -0.3 is 10.1 Å². The van der Waals surface area contributed by atoms with Crippen molar-refractivity contribution >= 4 is 15.7 Å². The van der Waals surface area contributed by atoms with E-state index in [2.05, 4.69) is 5.32 Å². The third kappa shape index (κ3) is 4.26. The number of non-ortho nitro benzene ring substituents is 1. The number of piperazine rings is 1. The molecule has 2 aromatic carbocycles. The summed E-state index contributed by atoms with van der Waals surface area (Å²) in [6, 6.07) is 12.6. The van der Waals surface area contributed by atoms with Crippen LogP contribution in [0.2, 0.25) is 0 Å². The van der Waals surface area contributed by atoms with Crippen LogP contribution in [0, 0.1) is 10.1 Å². The number of sulfonamides is 1. The molecule has 0 aromatic heterocycles. The topological polar surface area (TPSA) is 102 Å². The number of ether oxygens (including phenoxy) is 1. The average molecular weight is 391 g/mol. The van der Waals surface area contributed by atoms with Crippen LogP contribution in [0.1, 0.15) is 17.2 Å². The summed E-state index contributed by atoms with van der Waals surface area (Å²) in [5.74, 6) is 0.429. The number of nitrogens with zero attached hydrogens (tertiary/aromatic N) is 2. The molecule has 0 amide bonds. The second kappa shape index (κ2) is 8.03. The molecule has 0 radical (unpaired) electrons. The van der Waals surface area contributed by atoms with Crippen LogP contribution in [-0.2, 0) is 15.8 Å². The first-order chi connectivity index (χ1) is 12.9. The van der Waals surface area contributed by atoms with Crippen molar-refractivity contribution in [1.82, 2.24) is 9.62 Å². The molecule has 1 aliphatic heterocycles. The molecule has 1 heterocycles. The van der Waals surface area contributed by atoms with Crippen molar-refractivity contribution in [3.63, 3.8) is 0 Å². The van der Waals surface area contributed by atoms with E-state index in [0.29, 0.717) is 30.9 Å². The molecule has 0 spiro atoms. The van der Waals surface area contributed by atoms with Crippen molar-refractivity contribution in [2.45, 2.75) is 11.8 Å². The highest BCUT2D eigenvalue weighted by Gasteiger charge is 2.34. The maximum atomic E-state index is 13.1. The van der Waals surface area contributed by atoms with E-state index in [-0.39, 0.29) is 17.5 Å². The summed E-state index contributed by atoms with van der Waals surface area (Å²) >= 11 is 0. The average Bonchev–Trinajstić information content (AvgIpc) is 2.68. The maximum Gasteiger partial charge on any atom is 0.269 e. The third-order valence-corrected chi connectivity index (χ3v) is 6.40. The highest BCUT2D eigenvalue weighted by molar-refractivity contribution is 7.88. The Morgan fingerprint density at radius 2 is 1.93 bits per heavy atom. The number of nitro benzene ring substituents is 1. The fraction of sp³-hybridized carbons (Fsp3) is 0.333. The molecule has 0 bridgehead atoms. The van der Waals surface area contributed by atoms with Crippen LogP contribution in [0.3, 0.4) is 0 Å². The molecule has 9 heteroatoms. The van der Waals surface area contributed by atoms with Gasteiger partial charge in [0.15, 0.2) is 0 Å². The predicted octanol–water partition coefficient (Wildman–Crippen LogP) is 2.08. The van der Waals surface area contributed by atoms with E-state index < -0.39 is 14.9 Å². The van der Waals surface area contributed by atoms with Crippen molar-refractivity contribution in [3.05, 3.63) is 69.8 Å². The molecule has 1 unspecified atom stereocenters. The van der Waals surface area contributed by atoms with Gasteiger partial charge in [-0.2, -0.15) is 4.31 Å². The van der Waals surface area contributed by atoms with Gasteiger partial charge in [0.25, 0.3) is 5.69 Å². The van der Waals surface area contributed by atoms with Crippen molar-refractivity contribution in [2.24, 2.45) is 0 Å². The number of hydrogen-bond donors (Lipinski definition) is 1. The van der Waals surface area contributed by atoms with Gasteiger partial charge in [-0.15, -0.1) is 0 Å². The molecule has 1 fully saturated rings. The minimum Gasteiger partial charge on any atom is -0.496 e. The number of para-hydroxylation sites is 1. The minimum absolute atomic E-state index is 0.0646. The summed E-state index contributed by atoms with van der Waals surface area (Å²) in [5.41, 5.74) is 1.25. The molecule has 0 aliphatic carbocycles. The van der Waals surface area contributed by atoms with Crippen LogP contribution >= 0.6 is 0 Å². The number of nitro groups is 1. The Kier molecular flexibility index (Phi) is 5.73. The van der Waals surface area contributed by atoms with Gasteiger partial charge in [0.05, 0.1) is 23.8 Å². The monoisotopic (exact) mass is 391 g/mol. The zero-order valence-corrected chi connectivity index (χ0v) is 15.7. The van der Waals surface area contributed by atoms with Crippen LogP contribution in [0.25, 0.3) is 0 Å². The van der Waals surface area contributed by atoms with Crippen LogP contribution in [0.4, 0.5) is 5.69 Å². The molecule has 1 N–H and O–H groups in total. The van der Waals surface area contributed by atoms with E-state index in [1.54, 1.807) is 7.11 Å². The summed E-state index contributed by atoms with van der Waals surface area (Å²) in [4.78, 5) is 10.3. The Balaban J connectivity index is 1.87. The van der Waals surface area contributed by atoms with Crippen molar-refractivity contribution in [1.29, 1.82) is 0 Å². The van der Waals surface area contributed by atoms with E-state index in [1.807, 2.05) is 24.3 Å². The molecule has 1 aliphatic rings. The first-order valence-corrected chi connectivity index (χ1v) is 10.1.